The monoisotopic (exact) mass is 324 g/mol. The molecule has 0 spiro atoms. The molecule has 0 saturated carbocycles. The summed E-state index contributed by atoms with van der Waals surface area (Å²) in [6.07, 6.45) is 0.0571. The third-order valence-electron chi connectivity index (χ3n) is 3.89. The number of fused-ring (bicyclic) bond motifs is 1. The van der Waals surface area contributed by atoms with Gasteiger partial charge < -0.3 is 15.4 Å². The van der Waals surface area contributed by atoms with Crippen LogP contribution in [-0.4, -0.2) is 24.9 Å². The van der Waals surface area contributed by atoms with Crippen LogP contribution in [-0.2, 0) is 14.3 Å². The lowest BCUT2D eigenvalue weighted by molar-refractivity contribution is -0.122. The molecule has 3 rings (SSSR count). The molecule has 6 heteroatoms. The Balaban J connectivity index is 1.66. The molecule has 0 aliphatic carbocycles. The zero-order chi connectivity index (χ0) is 17.1. The van der Waals surface area contributed by atoms with Crippen molar-refractivity contribution in [3.63, 3.8) is 0 Å². The Morgan fingerprint density at radius 2 is 1.83 bits per heavy atom. The molecule has 2 N–H and O–H groups in total. The Bertz CT molecular complexity index is 799. The largest absolute Gasteiger partial charge is 0.465 e. The highest BCUT2D eigenvalue weighted by Gasteiger charge is 2.31. The number of hydrogen-bond acceptors (Lipinski definition) is 4. The van der Waals surface area contributed by atoms with E-state index in [2.05, 4.69) is 15.4 Å². The third kappa shape index (κ3) is 3.12. The molecule has 2 amide bonds. The van der Waals surface area contributed by atoms with Crippen LogP contribution in [0.15, 0.2) is 48.5 Å². The first kappa shape index (κ1) is 15.7. The normalized spacial score (nSPS) is 15.4. The molecule has 24 heavy (non-hydrogen) atoms. The van der Waals surface area contributed by atoms with Crippen molar-refractivity contribution in [2.45, 2.75) is 12.3 Å². The van der Waals surface area contributed by atoms with Crippen LogP contribution in [0.25, 0.3) is 0 Å². The van der Waals surface area contributed by atoms with E-state index in [0.717, 1.165) is 11.3 Å². The van der Waals surface area contributed by atoms with E-state index in [1.165, 1.54) is 7.11 Å². The van der Waals surface area contributed by atoms with Crippen molar-refractivity contribution in [2.75, 3.05) is 17.7 Å². The number of carbonyl (C=O) groups excluding carboxylic acids is 3. The van der Waals surface area contributed by atoms with Crippen molar-refractivity contribution >= 4 is 29.2 Å². The fourth-order valence-electron chi connectivity index (χ4n) is 2.68. The highest BCUT2D eigenvalue weighted by atomic mass is 16.5. The number of carbonyl (C=O) groups is 3. The number of amides is 2. The summed E-state index contributed by atoms with van der Waals surface area (Å²) < 4.78 is 4.62. The number of anilines is 2. The second-order valence-electron chi connectivity index (χ2n) is 5.45. The van der Waals surface area contributed by atoms with Crippen molar-refractivity contribution in [3.8, 4) is 0 Å². The Hall–Kier alpha value is -3.15. The summed E-state index contributed by atoms with van der Waals surface area (Å²) in [6.45, 7) is 0. The molecule has 122 valence electrons. The molecule has 1 aliphatic rings. The summed E-state index contributed by atoms with van der Waals surface area (Å²) in [5, 5.41) is 5.51. The quantitative estimate of drug-likeness (QED) is 0.847. The smallest absolute Gasteiger partial charge is 0.337 e. The second kappa shape index (κ2) is 6.54. The van der Waals surface area contributed by atoms with Crippen molar-refractivity contribution in [1.29, 1.82) is 0 Å². The number of nitrogens with one attached hydrogen (secondary N) is 2. The predicted molar refractivity (Wildman–Crippen MR) is 88.8 cm³/mol. The van der Waals surface area contributed by atoms with Crippen molar-refractivity contribution in [1.82, 2.24) is 0 Å². The summed E-state index contributed by atoms with van der Waals surface area (Å²) >= 11 is 0. The van der Waals surface area contributed by atoms with Gasteiger partial charge in [-0.1, -0.05) is 18.2 Å². The van der Waals surface area contributed by atoms with E-state index >= 15 is 0 Å². The maximum Gasteiger partial charge on any atom is 0.337 e. The van der Waals surface area contributed by atoms with Crippen molar-refractivity contribution < 1.29 is 19.1 Å². The minimum atomic E-state index is -0.490. The lowest BCUT2D eigenvalue weighted by Gasteiger charge is -2.10. The molecule has 1 heterocycles. The van der Waals surface area contributed by atoms with E-state index < -0.39 is 11.9 Å². The van der Waals surface area contributed by atoms with Gasteiger partial charge in [-0.15, -0.1) is 0 Å². The van der Waals surface area contributed by atoms with Crippen molar-refractivity contribution in [2.24, 2.45) is 0 Å². The maximum atomic E-state index is 12.2. The van der Waals surface area contributed by atoms with Gasteiger partial charge in [-0.25, -0.2) is 4.79 Å². The molecule has 0 aromatic heterocycles. The minimum Gasteiger partial charge on any atom is -0.465 e. The minimum absolute atomic E-state index is 0.0571. The first-order valence-electron chi connectivity index (χ1n) is 7.46. The molecular formula is C18H16N2O4. The van der Waals surface area contributed by atoms with E-state index in [1.54, 1.807) is 24.3 Å². The lowest BCUT2D eigenvalue weighted by Crippen LogP contribution is -2.20. The lowest BCUT2D eigenvalue weighted by atomic mass is 9.97. The van der Waals surface area contributed by atoms with Gasteiger partial charge in [0.15, 0.2) is 0 Å². The van der Waals surface area contributed by atoms with Gasteiger partial charge in [0.05, 0.1) is 18.6 Å². The maximum absolute atomic E-state index is 12.2. The summed E-state index contributed by atoms with van der Waals surface area (Å²) in [5.74, 6) is -1.37. The highest BCUT2D eigenvalue weighted by Crippen LogP contribution is 2.34. The van der Waals surface area contributed by atoms with Crippen molar-refractivity contribution in [3.05, 3.63) is 59.7 Å². The van der Waals surface area contributed by atoms with Gasteiger partial charge in [-0.2, -0.15) is 0 Å². The van der Waals surface area contributed by atoms with Gasteiger partial charge in [-0.3, -0.25) is 9.59 Å². The second-order valence-corrected chi connectivity index (χ2v) is 5.45. The van der Waals surface area contributed by atoms with Gasteiger partial charge in [0, 0.05) is 17.8 Å². The fraction of sp³-hybridized carbons (Fsp3) is 0.167. The summed E-state index contributed by atoms with van der Waals surface area (Å²) in [6, 6.07) is 13.7. The highest BCUT2D eigenvalue weighted by molar-refractivity contribution is 6.06. The van der Waals surface area contributed by atoms with Gasteiger partial charge in [0.2, 0.25) is 11.8 Å². The molecule has 1 unspecified atom stereocenters. The average molecular weight is 324 g/mol. The predicted octanol–water partition coefficient (Wildman–Crippen LogP) is 2.54. The first-order chi connectivity index (χ1) is 11.6. The third-order valence-corrected chi connectivity index (χ3v) is 3.89. The number of benzene rings is 2. The van der Waals surface area contributed by atoms with Gasteiger partial charge in [0.25, 0.3) is 0 Å². The molecule has 2 aromatic rings. The van der Waals surface area contributed by atoms with E-state index in [9.17, 15) is 14.4 Å². The van der Waals surface area contributed by atoms with Crippen LogP contribution in [0.4, 0.5) is 11.4 Å². The van der Waals surface area contributed by atoms with E-state index in [1.807, 2.05) is 24.3 Å². The average Bonchev–Trinajstić information content (AvgIpc) is 2.90. The van der Waals surface area contributed by atoms with E-state index in [0.29, 0.717) is 11.3 Å². The number of rotatable bonds is 4. The Labute approximate surface area is 138 Å². The zero-order valence-electron chi connectivity index (χ0n) is 13.0. The molecule has 1 atom stereocenters. The fourth-order valence-corrected chi connectivity index (χ4v) is 2.68. The number of hydrogen-bond donors (Lipinski definition) is 2. The zero-order valence-corrected chi connectivity index (χ0v) is 13.0. The molecule has 0 bridgehead atoms. The number of esters is 1. The topological polar surface area (TPSA) is 84.5 Å². The van der Waals surface area contributed by atoms with Gasteiger partial charge in [0.1, 0.15) is 0 Å². The van der Waals surface area contributed by atoms with Crippen LogP contribution >= 0.6 is 0 Å². The van der Waals surface area contributed by atoms with Crippen LogP contribution in [0.3, 0.4) is 0 Å². The van der Waals surface area contributed by atoms with Gasteiger partial charge >= 0.3 is 5.97 Å². The van der Waals surface area contributed by atoms with E-state index in [4.69, 9.17) is 0 Å². The molecule has 0 fully saturated rings. The molecule has 6 nitrogen and oxygen atoms in total. The molecule has 0 radical (unpaired) electrons. The Morgan fingerprint density at radius 3 is 2.54 bits per heavy atom. The molecular weight excluding hydrogens is 308 g/mol. The van der Waals surface area contributed by atoms with Crippen LogP contribution in [0.1, 0.15) is 28.3 Å². The van der Waals surface area contributed by atoms with Crippen LogP contribution in [0.5, 0.6) is 0 Å². The molecule has 1 aliphatic heterocycles. The first-order valence-corrected chi connectivity index (χ1v) is 7.46. The number of para-hydroxylation sites is 1. The number of methoxy groups -OCH3 is 1. The number of ether oxygens (including phenoxy) is 1. The summed E-state index contributed by atoms with van der Waals surface area (Å²) in [5.41, 5.74) is 2.54. The Kier molecular flexibility index (Phi) is 4.29. The Morgan fingerprint density at radius 1 is 1.12 bits per heavy atom. The molecule has 2 aromatic carbocycles. The van der Waals surface area contributed by atoms with Crippen LogP contribution in [0.2, 0.25) is 0 Å². The van der Waals surface area contributed by atoms with Crippen LogP contribution < -0.4 is 10.6 Å². The van der Waals surface area contributed by atoms with Crippen LogP contribution in [0, 0.1) is 0 Å². The van der Waals surface area contributed by atoms with E-state index in [-0.39, 0.29) is 18.2 Å². The summed E-state index contributed by atoms with van der Waals surface area (Å²) in [7, 11) is 1.31. The van der Waals surface area contributed by atoms with Gasteiger partial charge in [-0.05, 0) is 35.9 Å². The molecule has 0 saturated heterocycles. The standard InChI is InChI=1S/C18H16N2O4/c1-24-18(23)11-6-8-12(9-7-11)19-16(21)10-14-13-4-2-3-5-15(13)20-17(14)22/h2-9,14H,10H2,1H3,(H,19,21)(H,20,22). The summed E-state index contributed by atoms with van der Waals surface area (Å²) in [4.78, 5) is 35.6. The SMILES string of the molecule is COC(=O)c1ccc(NC(=O)CC2C(=O)Nc3ccccc32)cc1.